The van der Waals surface area contributed by atoms with Crippen LogP contribution in [0.4, 0.5) is 4.39 Å². The first kappa shape index (κ1) is 17.1. The molecule has 25 heavy (non-hydrogen) atoms. The molecule has 0 heterocycles. The first-order chi connectivity index (χ1) is 12.2. The van der Waals surface area contributed by atoms with Gasteiger partial charge in [-0.2, -0.15) is 0 Å². The van der Waals surface area contributed by atoms with Crippen molar-refractivity contribution in [3.63, 3.8) is 0 Å². The van der Waals surface area contributed by atoms with Crippen molar-refractivity contribution in [2.45, 2.75) is 70.6 Å². The molecule has 1 heteroatoms. The third-order valence-corrected chi connectivity index (χ3v) is 6.99. The van der Waals surface area contributed by atoms with E-state index in [0.29, 0.717) is 5.92 Å². The molecule has 2 fully saturated rings. The maximum Gasteiger partial charge on any atom is 0.123 e. The van der Waals surface area contributed by atoms with E-state index in [2.05, 4.69) is 25.1 Å². The highest BCUT2D eigenvalue weighted by molar-refractivity contribution is 5.83. The van der Waals surface area contributed by atoms with Gasteiger partial charge < -0.3 is 0 Å². The zero-order valence-corrected chi connectivity index (χ0v) is 15.5. The zero-order valence-electron chi connectivity index (χ0n) is 15.5. The highest BCUT2D eigenvalue weighted by atomic mass is 19.1. The highest BCUT2D eigenvalue weighted by Gasteiger charge is 2.35. The summed E-state index contributed by atoms with van der Waals surface area (Å²) in [6.45, 7) is 2.31. The van der Waals surface area contributed by atoms with Gasteiger partial charge in [0.25, 0.3) is 0 Å². The zero-order chi connectivity index (χ0) is 17.2. The lowest BCUT2D eigenvalue weighted by Crippen LogP contribution is -2.30. The topological polar surface area (TPSA) is 0 Å². The Morgan fingerprint density at radius 2 is 1.64 bits per heavy atom. The van der Waals surface area contributed by atoms with Gasteiger partial charge in [-0.1, -0.05) is 56.9 Å². The molecule has 0 nitrogen and oxygen atoms in total. The molecule has 0 aromatic heterocycles. The Labute approximate surface area is 151 Å². The van der Waals surface area contributed by atoms with Crippen LogP contribution in [0.25, 0.3) is 10.8 Å². The van der Waals surface area contributed by atoms with Crippen LogP contribution in [0.1, 0.15) is 76.2 Å². The molecule has 4 rings (SSSR count). The van der Waals surface area contributed by atoms with Crippen LogP contribution in [0, 0.1) is 23.6 Å². The van der Waals surface area contributed by atoms with Crippen molar-refractivity contribution < 1.29 is 4.39 Å². The minimum Gasteiger partial charge on any atom is -0.207 e. The largest absolute Gasteiger partial charge is 0.207 e. The van der Waals surface area contributed by atoms with E-state index in [-0.39, 0.29) is 5.82 Å². The fourth-order valence-electron chi connectivity index (χ4n) is 5.53. The summed E-state index contributed by atoms with van der Waals surface area (Å²) >= 11 is 0. The number of benzene rings is 2. The van der Waals surface area contributed by atoms with Crippen LogP contribution in [-0.2, 0) is 0 Å². The Morgan fingerprint density at radius 3 is 2.52 bits per heavy atom. The Kier molecular flexibility index (Phi) is 5.10. The molecule has 0 bridgehead atoms. The molecule has 4 atom stereocenters. The smallest absolute Gasteiger partial charge is 0.123 e. The lowest BCUT2D eigenvalue weighted by molar-refractivity contribution is 0.113. The van der Waals surface area contributed by atoms with E-state index in [0.717, 1.165) is 23.1 Å². The maximum atomic E-state index is 13.4. The molecule has 0 spiro atoms. The van der Waals surface area contributed by atoms with Crippen LogP contribution in [0.2, 0.25) is 0 Å². The molecule has 2 aromatic rings. The molecule has 0 amide bonds. The van der Waals surface area contributed by atoms with Crippen LogP contribution >= 0.6 is 0 Å². The van der Waals surface area contributed by atoms with Gasteiger partial charge in [-0.15, -0.1) is 0 Å². The summed E-state index contributed by atoms with van der Waals surface area (Å²) in [7, 11) is 0. The SMILES string of the molecule is CCCCC1CCC2CC(c3ccc4cc(F)ccc4c3)CCC2C1. The minimum absolute atomic E-state index is 0.138. The van der Waals surface area contributed by atoms with Gasteiger partial charge >= 0.3 is 0 Å². The lowest BCUT2D eigenvalue weighted by Gasteiger charge is -2.42. The second kappa shape index (κ2) is 7.48. The molecule has 2 aliphatic rings. The Morgan fingerprint density at radius 1 is 0.880 bits per heavy atom. The van der Waals surface area contributed by atoms with E-state index in [1.54, 1.807) is 12.1 Å². The molecular weight excluding hydrogens is 307 g/mol. The third kappa shape index (κ3) is 3.76. The van der Waals surface area contributed by atoms with E-state index in [1.807, 2.05) is 6.07 Å². The lowest BCUT2D eigenvalue weighted by atomic mass is 9.63. The molecule has 134 valence electrons. The average Bonchev–Trinajstić information content (AvgIpc) is 2.65. The van der Waals surface area contributed by atoms with Gasteiger partial charge in [0.1, 0.15) is 5.82 Å². The minimum atomic E-state index is -0.138. The summed E-state index contributed by atoms with van der Waals surface area (Å²) in [5, 5.41) is 2.21. The van der Waals surface area contributed by atoms with Crippen molar-refractivity contribution in [3.05, 3.63) is 47.8 Å². The van der Waals surface area contributed by atoms with Crippen molar-refractivity contribution in [2.75, 3.05) is 0 Å². The number of rotatable bonds is 4. The van der Waals surface area contributed by atoms with Gasteiger partial charge in [0.05, 0.1) is 0 Å². The maximum absolute atomic E-state index is 13.4. The Balaban J connectivity index is 1.43. The van der Waals surface area contributed by atoms with Gasteiger partial charge in [0.2, 0.25) is 0 Å². The normalized spacial score (nSPS) is 29.5. The van der Waals surface area contributed by atoms with Gasteiger partial charge in [-0.3, -0.25) is 0 Å². The molecular formula is C24H31F. The van der Waals surface area contributed by atoms with Crippen molar-refractivity contribution in [3.8, 4) is 0 Å². The Bertz CT molecular complexity index is 719. The quantitative estimate of drug-likeness (QED) is 0.542. The van der Waals surface area contributed by atoms with Crippen LogP contribution in [0.15, 0.2) is 36.4 Å². The number of hydrogen-bond acceptors (Lipinski definition) is 0. The van der Waals surface area contributed by atoms with Crippen LogP contribution in [0.5, 0.6) is 0 Å². The van der Waals surface area contributed by atoms with E-state index in [4.69, 9.17) is 0 Å². The predicted molar refractivity (Wildman–Crippen MR) is 104 cm³/mol. The highest BCUT2D eigenvalue weighted by Crippen LogP contribution is 2.48. The van der Waals surface area contributed by atoms with Crippen LogP contribution in [0.3, 0.4) is 0 Å². The molecule has 0 aliphatic heterocycles. The number of hydrogen-bond donors (Lipinski definition) is 0. The number of fused-ring (bicyclic) bond motifs is 2. The number of unbranched alkanes of at least 4 members (excludes halogenated alkanes) is 1. The van der Waals surface area contributed by atoms with E-state index >= 15 is 0 Å². The fraction of sp³-hybridized carbons (Fsp3) is 0.583. The summed E-state index contributed by atoms with van der Waals surface area (Å²) in [6.07, 6.45) is 12.8. The first-order valence-electron chi connectivity index (χ1n) is 10.4. The predicted octanol–water partition coefficient (Wildman–Crippen LogP) is 7.47. The second-order valence-electron chi connectivity index (χ2n) is 8.60. The summed E-state index contributed by atoms with van der Waals surface area (Å²) in [5.41, 5.74) is 1.48. The van der Waals surface area contributed by atoms with Crippen molar-refractivity contribution in [1.29, 1.82) is 0 Å². The van der Waals surface area contributed by atoms with Crippen LogP contribution < -0.4 is 0 Å². The van der Waals surface area contributed by atoms with Gasteiger partial charge in [-0.25, -0.2) is 4.39 Å². The first-order valence-corrected chi connectivity index (χ1v) is 10.4. The molecule has 0 N–H and O–H groups in total. The molecule has 4 unspecified atom stereocenters. The molecule has 2 aromatic carbocycles. The van der Waals surface area contributed by atoms with Crippen molar-refractivity contribution >= 4 is 10.8 Å². The summed E-state index contributed by atoms with van der Waals surface area (Å²) in [4.78, 5) is 0. The summed E-state index contributed by atoms with van der Waals surface area (Å²) in [6, 6.07) is 11.8. The molecule has 0 radical (unpaired) electrons. The molecule has 2 saturated carbocycles. The monoisotopic (exact) mass is 338 g/mol. The Hall–Kier alpha value is -1.37. The fourth-order valence-corrected chi connectivity index (χ4v) is 5.53. The standard InChI is InChI=1S/C24H31F/c1-2-3-4-17-5-6-19-14-20(8-7-18(19)13-17)21-9-10-23-16-24(25)12-11-22(23)15-21/h9-12,15-20H,2-8,13-14H2,1H3. The van der Waals surface area contributed by atoms with E-state index < -0.39 is 0 Å². The number of halogens is 1. The average molecular weight is 339 g/mol. The van der Waals surface area contributed by atoms with E-state index in [1.165, 1.54) is 68.7 Å². The van der Waals surface area contributed by atoms with E-state index in [9.17, 15) is 4.39 Å². The molecule has 2 aliphatic carbocycles. The second-order valence-corrected chi connectivity index (χ2v) is 8.60. The van der Waals surface area contributed by atoms with Gasteiger partial charge in [-0.05, 0) is 84.2 Å². The van der Waals surface area contributed by atoms with Crippen LogP contribution in [-0.4, -0.2) is 0 Å². The third-order valence-electron chi connectivity index (χ3n) is 6.99. The summed E-state index contributed by atoms with van der Waals surface area (Å²) < 4.78 is 13.4. The summed E-state index contributed by atoms with van der Waals surface area (Å²) in [5.74, 6) is 3.51. The van der Waals surface area contributed by atoms with Gasteiger partial charge in [0, 0.05) is 0 Å². The van der Waals surface area contributed by atoms with Gasteiger partial charge in [0.15, 0.2) is 0 Å². The van der Waals surface area contributed by atoms with Crippen molar-refractivity contribution in [2.24, 2.45) is 17.8 Å². The van der Waals surface area contributed by atoms with Crippen molar-refractivity contribution in [1.82, 2.24) is 0 Å². The molecule has 0 saturated heterocycles.